The number of hydrogen-bond donors (Lipinski definition) is 4. The van der Waals surface area contributed by atoms with Gasteiger partial charge in [0.15, 0.2) is 0 Å². The molecule has 2 aliphatic rings. The number of amides is 3. The maximum absolute atomic E-state index is 13.8. The van der Waals surface area contributed by atoms with Crippen LogP contribution in [0.15, 0.2) is 30.3 Å². The van der Waals surface area contributed by atoms with Crippen LogP contribution in [0, 0.1) is 17.8 Å². The van der Waals surface area contributed by atoms with Gasteiger partial charge in [0.1, 0.15) is 17.7 Å². The average Bonchev–Trinajstić information content (AvgIpc) is 2.99. The highest BCUT2D eigenvalue weighted by molar-refractivity contribution is 7.99. The van der Waals surface area contributed by atoms with Gasteiger partial charge in [0.2, 0.25) is 11.8 Å². The molecule has 2 saturated carbocycles. The Labute approximate surface area is 276 Å². The normalized spacial score (nSPS) is 19.4. The molecule has 0 bridgehead atoms. The number of carbonyl (C=O) groups excluding carboxylic acids is 3. The topological polar surface area (TPSA) is 117 Å². The smallest absolute Gasteiger partial charge is 0.408 e. The van der Waals surface area contributed by atoms with E-state index in [1.54, 1.807) is 39.5 Å². The summed E-state index contributed by atoms with van der Waals surface area (Å²) >= 11 is 1.72. The fourth-order valence-electron chi connectivity index (χ4n) is 7.03. The largest absolute Gasteiger partial charge is 0.444 e. The zero-order chi connectivity index (χ0) is 33.0. The lowest BCUT2D eigenvalue weighted by Crippen LogP contribution is -2.59. The molecule has 254 valence electrons. The molecular formula is C36H59N3O5S. The number of benzene rings is 1. The van der Waals surface area contributed by atoms with E-state index >= 15 is 0 Å². The Morgan fingerprint density at radius 3 is 1.91 bits per heavy atom. The number of hydrogen-bond acceptors (Lipinski definition) is 6. The van der Waals surface area contributed by atoms with Crippen LogP contribution in [0.1, 0.15) is 111 Å². The number of ether oxygens (including phenoxy) is 1. The zero-order valence-corrected chi connectivity index (χ0v) is 29.3. The summed E-state index contributed by atoms with van der Waals surface area (Å²) in [6, 6.07) is 7.27. The van der Waals surface area contributed by atoms with Gasteiger partial charge in [0, 0.05) is 12.2 Å². The minimum atomic E-state index is -0.932. The van der Waals surface area contributed by atoms with Crippen molar-refractivity contribution < 1.29 is 24.2 Å². The molecule has 45 heavy (non-hydrogen) atoms. The number of thioether (sulfide) groups is 1. The summed E-state index contributed by atoms with van der Waals surface area (Å²) in [6.07, 6.45) is 10.7. The maximum Gasteiger partial charge on any atom is 0.408 e. The number of aliphatic hydroxyl groups is 1. The van der Waals surface area contributed by atoms with Crippen LogP contribution in [0.2, 0.25) is 0 Å². The van der Waals surface area contributed by atoms with Crippen molar-refractivity contribution in [3.63, 3.8) is 0 Å². The highest BCUT2D eigenvalue weighted by Gasteiger charge is 2.41. The number of aliphatic hydroxyl groups excluding tert-OH is 1. The van der Waals surface area contributed by atoms with Crippen LogP contribution in [0.5, 0.6) is 0 Å². The first kappa shape index (κ1) is 37.2. The number of nitrogens with one attached hydrogen (secondary N) is 3. The molecule has 2 aliphatic carbocycles. The molecule has 4 atom stereocenters. The lowest BCUT2D eigenvalue weighted by molar-refractivity contribution is -0.131. The fourth-order valence-corrected chi connectivity index (χ4v) is 7.82. The van der Waals surface area contributed by atoms with E-state index in [1.807, 2.05) is 30.3 Å². The average molecular weight is 646 g/mol. The van der Waals surface area contributed by atoms with E-state index in [0.717, 1.165) is 31.2 Å². The predicted molar refractivity (Wildman–Crippen MR) is 183 cm³/mol. The summed E-state index contributed by atoms with van der Waals surface area (Å²) in [5.41, 5.74) is 0.154. The minimum Gasteiger partial charge on any atom is -0.444 e. The Bertz CT molecular complexity index is 1030. The molecule has 0 aliphatic heterocycles. The molecule has 0 aromatic heterocycles. The van der Waals surface area contributed by atoms with E-state index < -0.39 is 35.8 Å². The lowest BCUT2D eigenvalue weighted by Gasteiger charge is -2.44. The van der Waals surface area contributed by atoms with Crippen LogP contribution in [0.25, 0.3) is 0 Å². The third-order valence-corrected chi connectivity index (χ3v) is 10.4. The van der Waals surface area contributed by atoms with Crippen LogP contribution in [0.3, 0.4) is 0 Å². The molecule has 0 spiro atoms. The van der Waals surface area contributed by atoms with E-state index in [-0.39, 0.29) is 24.3 Å². The van der Waals surface area contributed by atoms with Gasteiger partial charge in [-0.3, -0.25) is 9.59 Å². The van der Waals surface area contributed by atoms with Gasteiger partial charge in [0.05, 0.1) is 12.1 Å². The summed E-state index contributed by atoms with van der Waals surface area (Å²) in [7, 11) is 0. The second kappa shape index (κ2) is 18.2. The molecule has 0 saturated heterocycles. The van der Waals surface area contributed by atoms with Gasteiger partial charge in [-0.25, -0.2) is 4.79 Å². The molecule has 9 heteroatoms. The SMILES string of the molecule is CC(C)SC[C@H](O)[C@@H](NC(=O)[C@H](C)NC(=O)[C@H](Cc1ccccc1)NC(=O)OC(C)(C)C)C(C1CCCCC1)C1CCCCC1. The molecule has 4 N–H and O–H groups in total. The third-order valence-electron chi connectivity index (χ3n) is 9.17. The van der Waals surface area contributed by atoms with E-state index in [9.17, 15) is 19.5 Å². The second-order valence-corrected chi connectivity index (χ2v) is 16.1. The molecule has 0 radical (unpaired) electrons. The molecular weight excluding hydrogens is 586 g/mol. The second-order valence-electron chi connectivity index (χ2n) is 14.5. The summed E-state index contributed by atoms with van der Waals surface area (Å²) in [4.78, 5) is 40.1. The molecule has 3 rings (SSSR count). The fraction of sp³-hybridized carbons (Fsp3) is 0.750. The Morgan fingerprint density at radius 2 is 1.40 bits per heavy atom. The molecule has 0 unspecified atom stereocenters. The van der Waals surface area contributed by atoms with E-state index in [1.165, 1.54) is 38.5 Å². The molecule has 3 amide bonds. The van der Waals surface area contributed by atoms with Crippen LogP contribution < -0.4 is 16.0 Å². The van der Waals surface area contributed by atoms with Crippen molar-refractivity contribution in [2.24, 2.45) is 17.8 Å². The van der Waals surface area contributed by atoms with Gasteiger partial charge in [-0.05, 0) is 56.3 Å². The number of alkyl carbamates (subject to hydrolysis) is 1. The Hall–Kier alpha value is -2.26. The van der Waals surface area contributed by atoms with Crippen molar-refractivity contribution in [3.8, 4) is 0 Å². The molecule has 8 nitrogen and oxygen atoms in total. The Morgan fingerprint density at radius 1 is 0.844 bits per heavy atom. The number of rotatable bonds is 14. The monoisotopic (exact) mass is 645 g/mol. The summed E-state index contributed by atoms with van der Waals surface area (Å²) in [5, 5.41) is 20.9. The Balaban J connectivity index is 1.78. The molecule has 2 fully saturated rings. The van der Waals surface area contributed by atoms with E-state index in [2.05, 4.69) is 29.8 Å². The highest BCUT2D eigenvalue weighted by atomic mass is 32.2. The van der Waals surface area contributed by atoms with Gasteiger partial charge < -0.3 is 25.8 Å². The maximum atomic E-state index is 13.8. The van der Waals surface area contributed by atoms with Crippen molar-refractivity contribution in [2.45, 2.75) is 147 Å². The first-order valence-corrected chi connectivity index (χ1v) is 18.3. The highest BCUT2D eigenvalue weighted by Crippen LogP contribution is 2.42. The van der Waals surface area contributed by atoms with Crippen molar-refractivity contribution in [3.05, 3.63) is 35.9 Å². The van der Waals surface area contributed by atoms with E-state index in [4.69, 9.17) is 4.74 Å². The van der Waals surface area contributed by atoms with Crippen LogP contribution in [-0.2, 0) is 20.7 Å². The van der Waals surface area contributed by atoms with Gasteiger partial charge >= 0.3 is 6.09 Å². The van der Waals surface area contributed by atoms with Crippen LogP contribution >= 0.6 is 11.8 Å². The first-order chi connectivity index (χ1) is 21.3. The summed E-state index contributed by atoms with van der Waals surface area (Å²) in [6.45, 7) is 11.2. The van der Waals surface area contributed by atoms with Gasteiger partial charge in [-0.2, -0.15) is 11.8 Å². The van der Waals surface area contributed by atoms with Crippen LogP contribution in [-0.4, -0.2) is 63.8 Å². The van der Waals surface area contributed by atoms with Crippen molar-refractivity contribution in [2.75, 3.05) is 5.75 Å². The standard InChI is InChI=1S/C36H59N3O5S/c1-24(2)45-23-30(40)32(31(27-18-12-8-13-19-27)28-20-14-9-15-21-28)39-33(41)25(3)37-34(42)29(22-26-16-10-7-11-17-26)38-35(43)44-36(4,5)6/h7,10-11,16-17,24-25,27-32,40H,8-9,12-15,18-23H2,1-6H3,(H,37,42)(H,38,43)(H,39,41)/t25-,29-,30-,32+/m0/s1. The van der Waals surface area contributed by atoms with Crippen LogP contribution in [0.4, 0.5) is 4.79 Å². The van der Waals surface area contributed by atoms with E-state index in [0.29, 0.717) is 22.8 Å². The number of carbonyl (C=O) groups is 3. The molecule has 0 heterocycles. The van der Waals surface area contributed by atoms with Crippen molar-refractivity contribution in [1.82, 2.24) is 16.0 Å². The minimum absolute atomic E-state index is 0.208. The van der Waals surface area contributed by atoms with Gasteiger partial charge in [-0.1, -0.05) is 108 Å². The predicted octanol–water partition coefficient (Wildman–Crippen LogP) is 6.39. The Kier molecular flexibility index (Phi) is 15.0. The van der Waals surface area contributed by atoms with Crippen molar-refractivity contribution in [1.29, 1.82) is 0 Å². The molecule has 1 aromatic rings. The quantitative estimate of drug-likeness (QED) is 0.186. The van der Waals surface area contributed by atoms with Gasteiger partial charge in [0.25, 0.3) is 0 Å². The first-order valence-electron chi connectivity index (χ1n) is 17.3. The lowest BCUT2D eigenvalue weighted by atomic mass is 9.66. The summed E-state index contributed by atoms with van der Waals surface area (Å²) < 4.78 is 5.43. The zero-order valence-electron chi connectivity index (χ0n) is 28.5. The van der Waals surface area contributed by atoms with Crippen molar-refractivity contribution >= 4 is 29.7 Å². The molecule has 1 aromatic carbocycles. The summed E-state index contributed by atoms with van der Waals surface area (Å²) in [5.74, 6) is 0.941. The van der Waals surface area contributed by atoms with Gasteiger partial charge in [-0.15, -0.1) is 0 Å². The third kappa shape index (κ3) is 12.8.